The highest BCUT2D eigenvalue weighted by Gasteiger charge is 2.08. The minimum absolute atomic E-state index is 0.0677. The van der Waals surface area contributed by atoms with Crippen molar-refractivity contribution < 1.29 is 24.0 Å². The van der Waals surface area contributed by atoms with E-state index in [1.165, 1.54) is 6.92 Å². The zero-order valence-electron chi connectivity index (χ0n) is 10.9. The zero-order chi connectivity index (χ0) is 15.5. The molecule has 0 heterocycles. The number of hydrogen-bond acceptors (Lipinski definition) is 6. The number of thioether (sulfide) groups is 1. The van der Waals surface area contributed by atoms with Crippen LogP contribution in [-0.2, 0) is 24.0 Å². The van der Waals surface area contributed by atoms with Crippen LogP contribution in [0.25, 0.3) is 0 Å². The summed E-state index contributed by atoms with van der Waals surface area (Å²) in [6, 6.07) is 0. The molecule has 3 N–H and O–H groups in total. The van der Waals surface area contributed by atoms with Gasteiger partial charge in [0.2, 0.25) is 17.7 Å². The molecular weight excluding hydrogens is 285 g/mol. The lowest BCUT2D eigenvalue weighted by Crippen LogP contribution is -2.43. The van der Waals surface area contributed by atoms with Crippen LogP contribution in [0.5, 0.6) is 0 Å². The van der Waals surface area contributed by atoms with E-state index >= 15 is 0 Å². The predicted octanol–water partition coefficient (Wildman–Crippen LogP) is -2.69. The second-order valence-electron chi connectivity index (χ2n) is 3.58. The summed E-state index contributed by atoms with van der Waals surface area (Å²) in [7, 11) is 4.81. The van der Waals surface area contributed by atoms with Gasteiger partial charge in [-0.2, -0.15) is 0 Å². The molecular formula is C10H14BN3O5S. The monoisotopic (exact) mass is 299 g/mol. The Balaban J connectivity index is 3.73. The van der Waals surface area contributed by atoms with E-state index in [9.17, 15) is 24.0 Å². The SMILES string of the molecule is [B]C(=O)CNC(=O)CNC(=O)CNC(=O)CSC(C)=O. The van der Waals surface area contributed by atoms with Gasteiger partial charge in [-0.15, -0.1) is 0 Å². The number of carbonyl (C=O) groups is 5. The Morgan fingerprint density at radius 1 is 0.850 bits per heavy atom. The average Bonchev–Trinajstić information content (AvgIpc) is 2.37. The molecule has 10 heteroatoms. The number of hydrogen-bond donors (Lipinski definition) is 3. The van der Waals surface area contributed by atoms with Crippen molar-refractivity contribution in [2.24, 2.45) is 0 Å². The summed E-state index contributed by atoms with van der Waals surface area (Å²) in [5.74, 6) is -1.67. The van der Waals surface area contributed by atoms with Crippen molar-refractivity contribution in [1.82, 2.24) is 16.0 Å². The highest BCUT2D eigenvalue weighted by molar-refractivity contribution is 8.14. The Kier molecular flexibility index (Phi) is 9.09. The summed E-state index contributed by atoms with van der Waals surface area (Å²) in [5, 5.41) is 6.50. The van der Waals surface area contributed by atoms with Gasteiger partial charge in [0.1, 0.15) is 0 Å². The number of amides is 3. The summed E-state index contributed by atoms with van der Waals surface area (Å²) in [6.45, 7) is 0.383. The highest BCUT2D eigenvalue weighted by Crippen LogP contribution is 1.98. The fourth-order valence-corrected chi connectivity index (χ4v) is 1.32. The van der Waals surface area contributed by atoms with Crippen LogP contribution in [0.2, 0.25) is 0 Å². The Bertz CT molecular complexity index is 380. The smallest absolute Gasteiger partial charge is 0.239 e. The van der Waals surface area contributed by atoms with Gasteiger partial charge >= 0.3 is 0 Å². The second kappa shape index (κ2) is 10.0. The first-order valence-corrected chi connectivity index (χ1v) is 6.51. The number of nitrogens with one attached hydrogen (secondary N) is 3. The number of rotatable bonds is 8. The van der Waals surface area contributed by atoms with Gasteiger partial charge in [0.25, 0.3) is 0 Å². The molecule has 20 heavy (non-hydrogen) atoms. The molecule has 0 aliphatic heterocycles. The molecule has 0 bridgehead atoms. The molecule has 108 valence electrons. The molecule has 2 radical (unpaired) electrons. The lowest BCUT2D eigenvalue weighted by Gasteiger charge is -2.06. The van der Waals surface area contributed by atoms with Crippen molar-refractivity contribution in [2.75, 3.05) is 25.4 Å². The third kappa shape index (κ3) is 11.3. The Hall–Kier alpha value is -1.84. The molecule has 0 unspecified atom stereocenters. The van der Waals surface area contributed by atoms with E-state index in [0.717, 1.165) is 11.8 Å². The molecule has 0 aromatic rings. The standard InChI is InChI=1S/C10H14BN3O5S/c1-6(15)20-5-10(19)14-4-9(18)13-3-8(17)12-2-7(11)16/h2-5H2,1H3,(H,12,17)(H,13,18)(H,14,19). The summed E-state index contributed by atoms with van der Waals surface area (Å²) in [4.78, 5) is 54.5. The Labute approximate surface area is 121 Å². The minimum atomic E-state index is -0.695. The first-order valence-electron chi connectivity index (χ1n) is 5.53. The topological polar surface area (TPSA) is 121 Å². The molecule has 0 rings (SSSR count). The molecule has 0 aromatic heterocycles. The van der Waals surface area contributed by atoms with Gasteiger partial charge in [-0.05, 0) is 0 Å². The summed E-state index contributed by atoms with van der Waals surface area (Å²) in [5.41, 5.74) is -0.695. The molecule has 0 atom stereocenters. The first-order chi connectivity index (χ1) is 9.31. The van der Waals surface area contributed by atoms with E-state index in [4.69, 9.17) is 7.85 Å². The van der Waals surface area contributed by atoms with E-state index in [0.29, 0.717) is 0 Å². The van der Waals surface area contributed by atoms with Crippen LogP contribution in [0.3, 0.4) is 0 Å². The highest BCUT2D eigenvalue weighted by atomic mass is 32.2. The van der Waals surface area contributed by atoms with E-state index < -0.39 is 23.4 Å². The van der Waals surface area contributed by atoms with Crippen LogP contribution in [0.4, 0.5) is 0 Å². The van der Waals surface area contributed by atoms with Crippen LogP contribution >= 0.6 is 11.8 Å². The minimum Gasteiger partial charge on any atom is -0.348 e. The largest absolute Gasteiger partial charge is 0.348 e. The molecule has 0 aliphatic rings. The molecule has 0 aliphatic carbocycles. The molecule has 0 spiro atoms. The van der Waals surface area contributed by atoms with Gasteiger partial charge in [0, 0.05) is 6.92 Å². The summed E-state index contributed by atoms with van der Waals surface area (Å²) >= 11 is 0.828. The molecule has 8 nitrogen and oxygen atoms in total. The second-order valence-corrected chi connectivity index (χ2v) is 4.73. The molecule has 0 aromatic carbocycles. The molecule has 0 fully saturated rings. The van der Waals surface area contributed by atoms with Gasteiger partial charge in [0.05, 0.1) is 31.1 Å². The number of carbonyl (C=O) groups excluding carboxylic acids is 5. The van der Waals surface area contributed by atoms with Crippen LogP contribution in [0, 0.1) is 0 Å². The summed E-state index contributed by atoms with van der Waals surface area (Å²) < 4.78 is 0. The van der Waals surface area contributed by atoms with Crippen molar-refractivity contribution in [3.05, 3.63) is 0 Å². The van der Waals surface area contributed by atoms with E-state index in [1.54, 1.807) is 0 Å². The normalized spacial score (nSPS) is 9.45. The van der Waals surface area contributed by atoms with Gasteiger partial charge in [-0.3, -0.25) is 19.2 Å². The third-order valence-corrected chi connectivity index (χ3v) is 2.57. The summed E-state index contributed by atoms with van der Waals surface area (Å²) in [6.07, 6.45) is 0. The van der Waals surface area contributed by atoms with Crippen molar-refractivity contribution in [3.63, 3.8) is 0 Å². The van der Waals surface area contributed by atoms with E-state index in [-0.39, 0.29) is 30.5 Å². The van der Waals surface area contributed by atoms with Crippen molar-refractivity contribution in [3.8, 4) is 0 Å². The Morgan fingerprint density at radius 2 is 1.30 bits per heavy atom. The zero-order valence-corrected chi connectivity index (χ0v) is 11.7. The first kappa shape index (κ1) is 18.2. The fourth-order valence-electron chi connectivity index (χ4n) is 0.887. The molecule has 0 saturated heterocycles. The van der Waals surface area contributed by atoms with Gasteiger partial charge in [-0.1, -0.05) is 11.8 Å². The maximum absolute atomic E-state index is 11.3. The fraction of sp³-hybridized carbons (Fsp3) is 0.500. The van der Waals surface area contributed by atoms with Crippen LogP contribution in [0.1, 0.15) is 6.92 Å². The van der Waals surface area contributed by atoms with Crippen LogP contribution in [-0.4, -0.2) is 61.8 Å². The maximum Gasteiger partial charge on any atom is 0.239 e. The van der Waals surface area contributed by atoms with Crippen LogP contribution < -0.4 is 16.0 Å². The molecule has 0 saturated carbocycles. The lowest BCUT2D eigenvalue weighted by atomic mass is 10.0. The van der Waals surface area contributed by atoms with Crippen molar-refractivity contribution in [1.29, 1.82) is 0 Å². The van der Waals surface area contributed by atoms with Crippen molar-refractivity contribution in [2.45, 2.75) is 6.92 Å². The maximum atomic E-state index is 11.3. The third-order valence-electron chi connectivity index (χ3n) is 1.76. The predicted molar refractivity (Wildman–Crippen MR) is 72.9 cm³/mol. The lowest BCUT2D eigenvalue weighted by molar-refractivity contribution is -0.127. The Morgan fingerprint density at radius 3 is 1.75 bits per heavy atom. The van der Waals surface area contributed by atoms with E-state index in [2.05, 4.69) is 16.0 Å². The van der Waals surface area contributed by atoms with Gasteiger partial charge in [0.15, 0.2) is 13.0 Å². The molecule has 3 amide bonds. The van der Waals surface area contributed by atoms with Crippen molar-refractivity contribution >= 4 is 48.1 Å². The van der Waals surface area contributed by atoms with Crippen LogP contribution in [0.15, 0.2) is 0 Å². The quantitative estimate of drug-likeness (QED) is 0.420. The average molecular weight is 299 g/mol. The van der Waals surface area contributed by atoms with Gasteiger partial charge < -0.3 is 20.7 Å². The van der Waals surface area contributed by atoms with E-state index in [1.807, 2.05) is 0 Å². The van der Waals surface area contributed by atoms with Gasteiger partial charge in [-0.25, -0.2) is 0 Å².